The maximum atomic E-state index is 11.3. The highest BCUT2D eigenvalue weighted by molar-refractivity contribution is 5.80. The van der Waals surface area contributed by atoms with Crippen molar-refractivity contribution in [1.29, 1.82) is 0 Å². The summed E-state index contributed by atoms with van der Waals surface area (Å²) in [6.45, 7) is 3.24. The van der Waals surface area contributed by atoms with Crippen LogP contribution in [0.1, 0.15) is 24.4 Å². The molecule has 1 aromatic rings. The van der Waals surface area contributed by atoms with Crippen LogP contribution in [0.25, 0.3) is 0 Å². The second kappa shape index (κ2) is 5.28. The quantitative estimate of drug-likeness (QED) is 0.492. The molecule has 0 aliphatic carbocycles. The Morgan fingerprint density at radius 1 is 1.61 bits per heavy atom. The SMILES string of the molecule is Cc1cc(NN)nc(CN2CCCC2C(N)=O)n1. The van der Waals surface area contributed by atoms with E-state index in [-0.39, 0.29) is 11.9 Å². The van der Waals surface area contributed by atoms with E-state index in [1.807, 2.05) is 11.8 Å². The number of amides is 1. The van der Waals surface area contributed by atoms with E-state index in [4.69, 9.17) is 11.6 Å². The summed E-state index contributed by atoms with van der Waals surface area (Å²) in [4.78, 5) is 21.9. The lowest BCUT2D eigenvalue weighted by molar-refractivity contribution is -0.122. The van der Waals surface area contributed by atoms with E-state index in [9.17, 15) is 4.79 Å². The Kier molecular flexibility index (Phi) is 3.73. The second-order valence-corrected chi connectivity index (χ2v) is 4.49. The van der Waals surface area contributed by atoms with E-state index >= 15 is 0 Å². The molecule has 7 heteroatoms. The van der Waals surface area contributed by atoms with Gasteiger partial charge in [-0.2, -0.15) is 0 Å². The van der Waals surface area contributed by atoms with Gasteiger partial charge in [-0.05, 0) is 26.3 Å². The van der Waals surface area contributed by atoms with E-state index in [1.54, 1.807) is 6.07 Å². The lowest BCUT2D eigenvalue weighted by atomic mass is 10.2. The molecule has 98 valence electrons. The van der Waals surface area contributed by atoms with Crippen LogP contribution in [-0.4, -0.2) is 33.4 Å². The Morgan fingerprint density at radius 3 is 3.06 bits per heavy atom. The zero-order valence-electron chi connectivity index (χ0n) is 10.4. The van der Waals surface area contributed by atoms with Crippen LogP contribution >= 0.6 is 0 Å². The first-order chi connectivity index (χ1) is 8.60. The molecular weight excluding hydrogens is 232 g/mol. The summed E-state index contributed by atoms with van der Waals surface area (Å²) in [6, 6.07) is 1.56. The van der Waals surface area contributed by atoms with Gasteiger partial charge in [0, 0.05) is 11.8 Å². The summed E-state index contributed by atoms with van der Waals surface area (Å²) in [6.07, 6.45) is 1.78. The second-order valence-electron chi connectivity index (χ2n) is 4.49. The zero-order valence-corrected chi connectivity index (χ0v) is 10.4. The number of hydrogen-bond donors (Lipinski definition) is 3. The number of nitrogens with zero attached hydrogens (tertiary/aromatic N) is 3. The molecule has 2 heterocycles. The molecule has 0 spiro atoms. The van der Waals surface area contributed by atoms with Crippen LogP contribution in [0.5, 0.6) is 0 Å². The monoisotopic (exact) mass is 250 g/mol. The summed E-state index contributed by atoms with van der Waals surface area (Å²) in [5.41, 5.74) is 8.72. The number of primary amides is 1. The van der Waals surface area contributed by atoms with Crippen LogP contribution in [0.2, 0.25) is 0 Å². The normalized spacial score (nSPS) is 20.0. The molecule has 0 radical (unpaired) electrons. The zero-order chi connectivity index (χ0) is 13.1. The number of hydrogen-bond acceptors (Lipinski definition) is 6. The average Bonchev–Trinajstić information content (AvgIpc) is 2.76. The van der Waals surface area contributed by atoms with Crippen LogP contribution in [0, 0.1) is 6.92 Å². The van der Waals surface area contributed by atoms with E-state index < -0.39 is 0 Å². The van der Waals surface area contributed by atoms with Crippen molar-refractivity contribution in [2.45, 2.75) is 32.4 Å². The first kappa shape index (κ1) is 12.7. The predicted octanol–water partition coefficient (Wildman–Crippen LogP) is -0.480. The molecule has 0 bridgehead atoms. The smallest absolute Gasteiger partial charge is 0.234 e. The van der Waals surface area contributed by atoms with Crippen LogP contribution < -0.4 is 17.0 Å². The molecule has 1 aliphatic rings. The van der Waals surface area contributed by atoms with E-state index in [1.165, 1.54) is 0 Å². The fraction of sp³-hybridized carbons (Fsp3) is 0.545. The number of carbonyl (C=O) groups is 1. The molecule has 5 N–H and O–H groups in total. The van der Waals surface area contributed by atoms with Gasteiger partial charge in [-0.3, -0.25) is 9.69 Å². The number of nitrogens with two attached hydrogens (primary N) is 2. The number of likely N-dealkylation sites (tertiary alicyclic amines) is 1. The van der Waals surface area contributed by atoms with Gasteiger partial charge in [0.15, 0.2) is 0 Å². The molecule has 1 unspecified atom stereocenters. The minimum absolute atomic E-state index is 0.205. The minimum Gasteiger partial charge on any atom is -0.368 e. The summed E-state index contributed by atoms with van der Waals surface area (Å²) >= 11 is 0. The highest BCUT2D eigenvalue weighted by Crippen LogP contribution is 2.19. The lowest BCUT2D eigenvalue weighted by Crippen LogP contribution is -2.40. The first-order valence-electron chi connectivity index (χ1n) is 5.94. The largest absolute Gasteiger partial charge is 0.368 e. The lowest BCUT2D eigenvalue weighted by Gasteiger charge is -2.21. The third-order valence-corrected chi connectivity index (χ3v) is 3.09. The number of rotatable bonds is 4. The summed E-state index contributed by atoms with van der Waals surface area (Å²) in [7, 11) is 0. The molecule has 1 amide bonds. The Bertz CT molecular complexity index is 449. The number of nitrogens with one attached hydrogen (secondary N) is 1. The van der Waals surface area contributed by atoms with Crippen LogP contribution in [0.15, 0.2) is 6.07 Å². The van der Waals surface area contributed by atoms with Crippen molar-refractivity contribution in [3.8, 4) is 0 Å². The van der Waals surface area contributed by atoms with Crippen molar-refractivity contribution >= 4 is 11.7 Å². The van der Waals surface area contributed by atoms with Gasteiger partial charge in [-0.1, -0.05) is 0 Å². The summed E-state index contributed by atoms with van der Waals surface area (Å²) < 4.78 is 0. The Labute approximate surface area is 106 Å². The van der Waals surface area contributed by atoms with Crippen molar-refractivity contribution in [3.05, 3.63) is 17.6 Å². The maximum Gasteiger partial charge on any atom is 0.234 e. The average molecular weight is 250 g/mol. The Balaban J connectivity index is 2.13. The molecule has 1 aromatic heterocycles. The van der Waals surface area contributed by atoms with Crippen LogP contribution in [-0.2, 0) is 11.3 Å². The van der Waals surface area contributed by atoms with Gasteiger partial charge < -0.3 is 11.2 Å². The van der Waals surface area contributed by atoms with Crippen molar-refractivity contribution in [2.24, 2.45) is 11.6 Å². The number of nitrogen functional groups attached to an aromatic ring is 1. The van der Waals surface area contributed by atoms with Gasteiger partial charge in [0.05, 0.1) is 12.6 Å². The Morgan fingerprint density at radius 2 is 2.39 bits per heavy atom. The molecule has 18 heavy (non-hydrogen) atoms. The number of aromatic nitrogens is 2. The minimum atomic E-state index is -0.280. The molecular formula is C11H18N6O. The summed E-state index contributed by atoms with van der Waals surface area (Å²) in [5, 5.41) is 0. The number of aryl methyl sites for hydroxylation is 1. The van der Waals surface area contributed by atoms with Gasteiger partial charge in [-0.15, -0.1) is 0 Å². The van der Waals surface area contributed by atoms with Crippen molar-refractivity contribution in [2.75, 3.05) is 12.0 Å². The van der Waals surface area contributed by atoms with E-state index in [0.29, 0.717) is 18.2 Å². The number of hydrazine groups is 1. The summed E-state index contributed by atoms with van der Waals surface area (Å²) in [5.74, 6) is 6.29. The Hall–Kier alpha value is -1.73. The van der Waals surface area contributed by atoms with Crippen LogP contribution in [0.4, 0.5) is 5.82 Å². The predicted molar refractivity (Wildman–Crippen MR) is 67.2 cm³/mol. The molecule has 1 saturated heterocycles. The van der Waals surface area contributed by atoms with Crippen molar-refractivity contribution < 1.29 is 4.79 Å². The first-order valence-corrected chi connectivity index (χ1v) is 5.94. The highest BCUT2D eigenvalue weighted by atomic mass is 16.1. The van der Waals surface area contributed by atoms with Gasteiger partial charge >= 0.3 is 0 Å². The molecule has 1 fully saturated rings. The number of carbonyl (C=O) groups excluding carboxylic acids is 1. The standard InChI is InChI=1S/C11H18N6O/c1-7-5-9(16-13)15-10(14-7)6-17-4-2-3-8(17)11(12)18/h5,8H,2-4,6,13H2,1H3,(H2,12,18)(H,14,15,16). The van der Waals surface area contributed by atoms with Crippen LogP contribution in [0.3, 0.4) is 0 Å². The molecule has 0 saturated carbocycles. The number of anilines is 1. The maximum absolute atomic E-state index is 11.3. The van der Waals surface area contributed by atoms with E-state index in [2.05, 4.69) is 15.4 Å². The third-order valence-electron chi connectivity index (χ3n) is 3.09. The van der Waals surface area contributed by atoms with Gasteiger partial charge in [0.2, 0.25) is 5.91 Å². The van der Waals surface area contributed by atoms with E-state index in [0.717, 1.165) is 25.1 Å². The van der Waals surface area contributed by atoms with Gasteiger partial charge in [-0.25, -0.2) is 15.8 Å². The van der Waals surface area contributed by atoms with Gasteiger partial charge in [0.25, 0.3) is 0 Å². The molecule has 0 aromatic carbocycles. The van der Waals surface area contributed by atoms with Gasteiger partial charge in [0.1, 0.15) is 11.6 Å². The molecule has 2 rings (SSSR count). The molecule has 1 atom stereocenters. The highest BCUT2D eigenvalue weighted by Gasteiger charge is 2.29. The molecule has 7 nitrogen and oxygen atoms in total. The fourth-order valence-electron chi connectivity index (χ4n) is 2.29. The van der Waals surface area contributed by atoms with Crippen molar-refractivity contribution in [1.82, 2.24) is 14.9 Å². The topological polar surface area (TPSA) is 110 Å². The van der Waals surface area contributed by atoms with Crippen molar-refractivity contribution in [3.63, 3.8) is 0 Å². The third kappa shape index (κ3) is 2.74. The molecule has 1 aliphatic heterocycles. The fourth-order valence-corrected chi connectivity index (χ4v) is 2.29.